The summed E-state index contributed by atoms with van der Waals surface area (Å²) >= 11 is 0. The molecule has 104 valence electrons. The van der Waals surface area contributed by atoms with Crippen LogP contribution in [0.25, 0.3) is 6.08 Å². The van der Waals surface area contributed by atoms with Crippen LogP contribution in [0.1, 0.15) is 38.8 Å². The highest BCUT2D eigenvalue weighted by Gasteiger charge is 2.30. The van der Waals surface area contributed by atoms with Gasteiger partial charge in [-0.3, -0.25) is 9.69 Å². The Morgan fingerprint density at radius 2 is 1.68 bits per heavy atom. The number of hydrogen-bond acceptors (Lipinski definition) is 2. The van der Waals surface area contributed by atoms with E-state index in [0.717, 1.165) is 18.7 Å². The minimum Gasteiger partial charge on any atom is -0.293 e. The fourth-order valence-electron chi connectivity index (χ4n) is 2.22. The van der Waals surface area contributed by atoms with Gasteiger partial charge in [0.2, 0.25) is 0 Å². The second-order valence-corrected chi connectivity index (χ2v) is 5.34. The van der Waals surface area contributed by atoms with Crippen LogP contribution < -0.4 is 0 Å². The van der Waals surface area contributed by atoms with Crippen molar-refractivity contribution in [3.05, 3.63) is 41.5 Å². The molecular formula is C17H25NO. The van der Waals surface area contributed by atoms with E-state index in [-0.39, 0.29) is 5.78 Å². The van der Waals surface area contributed by atoms with Crippen LogP contribution in [-0.2, 0) is 4.79 Å². The highest BCUT2D eigenvalue weighted by molar-refractivity contribution is 6.00. The lowest BCUT2D eigenvalue weighted by molar-refractivity contribution is -0.124. The maximum Gasteiger partial charge on any atom is 0.175 e. The molecule has 0 amide bonds. The van der Waals surface area contributed by atoms with Gasteiger partial charge in [0, 0.05) is 0 Å². The lowest BCUT2D eigenvalue weighted by Gasteiger charge is -2.34. The number of hydrogen-bond donors (Lipinski definition) is 0. The minimum atomic E-state index is -0.440. The number of ketones is 1. The molecule has 0 fully saturated rings. The Hall–Kier alpha value is -1.41. The van der Waals surface area contributed by atoms with E-state index in [0.29, 0.717) is 0 Å². The fraction of sp³-hybridized carbons (Fsp3) is 0.471. The lowest BCUT2D eigenvalue weighted by Crippen LogP contribution is -2.49. The molecule has 2 nitrogen and oxygen atoms in total. The number of carbonyl (C=O) groups is 1. The van der Waals surface area contributed by atoms with Gasteiger partial charge in [-0.25, -0.2) is 0 Å². The van der Waals surface area contributed by atoms with Crippen molar-refractivity contribution in [1.82, 2.24) is 4.90 Å². The van der Waals surface area contributed by atoms with Gasteiger partial charge in [-0.15, -0.1) is 0 Å². The lowest BCUT2D eigenvalue weighted by atomic mass is 9.95. The second-order valence-electron chi connectivity index (χ2n) is 5.34. The molecule has 0 aliphatic carbocycles. The Morgan fingerprint density at radius 1 is 1.16 bits per heavy atom. The first-order chi connectivity index (χ1) is 8.91. The molecule has 0 spiro atoms. The van der Waals surface area contributed by atoms with Crippen LogP contribution in [0, 0.1) is 6.92 Å². The number of benzene rings is 1. The Balaban J connectivity index is 2.81. The standard InChI is InChI=1S/C17H25NO/c1-6-18(7-2)17(4,5)16(19)13-12-15-10-8-14(3)9-11-15/h8-13H,6-7H2,1-5H3/b13-12-. The largest absolute Gasteiger partial charge is 0.293 e. The highest BCUT2D eigenvalue weighted by atomic mass is 16.1. The Kier molecular flexibility index (Phi) is 5.49. The van der Waals surface area contributed by atoms with Crippen LogP contribution in [0.2, 0.25) is 0 Å². The third-order valence-electron chi connectivity index (χ3n) is 3.66. The predicted octanol–water partition coefficient (Wildman–Crippen LogP) is 3.70. The van der Waals surface area contributed by atoms with Crippen LogP contribution in [0.5, 0.6) is 0 Å². The smallest absolute Gasteiger partial charge is 0.175 e. The summed E-state index contributed by atoms with van der Waals surface area (Å²) in [7, 11) is 0. The zero-order valence-corrected chi connectivity index (χ0v) is 12.7. The van der Waals surface area contributed by atoms with Gasteiger partial charge in [0.1, 0.15) is 0 Å². The molecule has 1 rings (SSSR count). The van der Waals surface area contributed by atoms with Crippen molar-refractivity contribution in [2.24, 2.45) is 0 Å². The molecule has 0 aliphatic rings. The number of nitrogens with zero attached hydrogens (tertiary/aromatic N) is 1. The Labute approximate surface area is 117 Å². The predicted molar refractivity (Wildman–Crippen MR) is 82.2 cm³/mol. The van der Waals surface area contributed by atoms with Crippen molar-refractivity contribution in [2.75, 3.05) is 13.1 Å². The summed E-state index contributed by atoms with van der Waals surface area (Å²) < 4.78 is 0. The summed E-state index contributed by atoms with van der Waals surface area (Å²) in [6.45, 7) is 12.0. The Morgan fingerprint density at radius 3 is 2.16 bits per heavy atom. The quantitative estimate of drug-likeness (QED) is 0.726. The van der Waals surface area contributed by atoms with Crippen molar-refractivity contribution < 1.29 is 4.79 Å². The summed E-state index contributed by atoms with van der Waals surface area (Å²) in [6.07, 6.45) is 3.59. The van der Waals surface area contributed by atoms with Crippen LogP contribution in [-0.4, -0.2) is 29.3 Å². The second kappa shape index (κ2) is 6.67. The third-order valence-corrected chi connectivity index (χ3v) is 3.66. The molecule has 1 aromatic rings. The average Bonchev–Trinajstić information content (AvgIpc) is 2.38. The number of rotatable bonds is 6. The molecule has 0 atom stereocenters. The van der Waals surface area contributed by atoms with E-state index in [2.05, 4.69) is 37.8 Å². The number of carbonyl (C=O) groups excluding carboxylic acids is 1. The van der Waals surface area contributed by atoms with Gasteiger partial charge in [0.05, 0.1) is 5.54 Å². The first-order valence-corrected chi connectivity index (χ1v) is 6.96. The molecule has 1 aromatic carbocycles. The van der Waals surface area contributed by atoms with Crippen molar-refractivity contribution in [2.45, 2.75) is 40.2 Å². The topological polar surface area (TPSA) is 20.3 Å². The Bertz CT molecular complexity index is 439. The average molecular weight is 259 g/mol. The maximum absolute atomic E-state index is 12.3. The molecule has 2 heteroatoms. The van der Waals surface area contributed by atoms with Gasteiger partial charge in [-0.1, -0.05) is 49.8 Å². The van der Waals surface area contributed by atoms with Crippen LogP contribution in [0.4, 0.5) is 0 Å². The molecule has 0 aliphatic heterocycles. The monoisotopic (exact) mass is 259 g/mol. The molecule has 0 aromatic heterocycles. The van der Waals surface area contributed by atoms with Crippen LogP contribution >= 0.6 is 0 Å². The first kappa shape index (κ1) is 15.6. The molecule has 0 radical (unpaired) electrons. The van der Waals surface area contributed by atoms with E-state index in [9.17, 15) is 4.79 Å². The molecular weight excluding hydrogens is 234 g/mol. The van der Waals surface area contributed by atoms with Gasteiger partial charge in [-0.05, 0) is 45.5 Å². The van der Waals surface area contributed by atoms with E-state index in [1.54, 1.807) is 6.08 Å². The molecule has 0 bridgehead atoms. The molecule has 0 N–H and O–H groups in total. The molecule has 0 saturated heterocycles. The minimum absolute atomic E-state index is 0.150. The summed E-state index contributed by atoms with van der Waals surface area (Å²) in [5, 5.41) is 0. The van der Waals surface area contributed by atoms with E-state index < -0.39 is 5.54 Å². The molecule has 19 heavy (non-hydrogen) atoms. The zero-order chi connectivity index (χ0) is 14.5. The van der Waals surface area contributed by atoms with Crippen molar-refractivity contribution >= 4 is 11.9 Å². The first-order valence-electron chi connectivity index (χ1n) is 6.96. The van der Waals surface area contributed by atoms with Crippen LogP contribution in [0.15, 0.2) is 30.3 Å². The summed E-state index contributed by atoms with van der Waals surface area (Å²) in [4.78, 5) is 14.5. The summed E-state index contributed by atoms with van der Waals surface area (Å²) in [6, 6.07) is 8.17. The van der Waals surface area contributed by atoms with Gasteiger partial charge >= 0.3 is 0 Å². The maximum atomic E-state index is 12.3. The molecule has 0 unspecified atom stereocenters. The summed E-state index contributed by atoms with van der Waals surface area (Å²) in [5.74, 6) is 0.150. The van der Waals surface area contributed by atoms with Gasteiger partial charge in [0.15, 0.2) is 5.78 Å². The number of aryl methyl sites for hydroxylation is 1. The SMILES string of the molecule is CCN(CC)C(C)(C)C(=O)/C=C\c1ccc(C)cc1. The van der Waals surface area contributed by atoms with Crippen LogP contribution in [0.3, 0.4) is 0 Å². The fourth-order valence-corrected chi connectivity index (χ4v) is 2.22. The van der Waals surface area contributed by atoms with E-state index in [1.807, 2.05) is 32.1 Å². The zero-order valence-electron chi connectivity index (χ0n) is 12.7. The highest BCUT2D eigenvalue weighted by Crippen LogP contribution is 2.16. The normalized spacial score (nSPS) is 12.3. The van der Waals surface area contributed by atoms with E-state index in [4.69, 9.17) is 0 Å². The number of likely N-dealkylation sites (N-methyl/N-ethyl adjacent to an activating group) is 1. The van der Waals surface area contributed by atoms with E-state index >= 15 is 0 Å². The van der Waals surface area contributed by atoms with Crippen molar-refractivity contribution in [3.8, 4) is 0 Å². The van der Waals surface area contributed by atoms with Gasteiger partial charge in [0.25, 0.3) is 0 Å². The van der Waals surface area contributed by atoms with Crippen molar-refractivity contribution in [3.63, 3.8) is 0 Å². The summed E-state index contributed by atoms with van der Waals surface area (Å²) in [5.41, 5.74) is 1.85. The van der Waals surface area contributed by atoms with Gasteiger partial charge in [-0.2, -0.15) is 0 Å². The van der Waals surface area contributed by atoms with Crippen molar-refractivity contribution in [1.29, 1.82) is 0 Å². The van der Waals surface area contributed by atoms with Gasteiger partial charge < -0.3 is 0 Å². The third kappa shape index (κ3) is 4.03. The molecule has 0 heterocycles. The van der Waals surface area contributed by atoms with E-state index in [1.165, 1.54) is 5.56 Å². The molecule has 0 saturated carbocycles.